The minimum atomic E-state index is -0.313. The van der Waals surface area contributed by atoms with Gasteiger partial charge in [0.05, 0.1) is 7.11 Å². The van der Waals surface area contributed by atoms with E-state index in [0.29, 0.717) is 5.57 Å². The minimum absolute atomic E-state index is 0.313. The Bertz CT molecular complexity index is 732. The fourth-order valence-electron chi connectivity index (χ4n) is 2.25. The average molecular weight is 306 g/mol. The van der Waals surface area contributed by atoms with Gasteiger partial charge < -0.3 is 4.74 Å². The third kappa shape index (κ3) is 4.68. The van der Waals surface area contributed by atoms with Gasteiger partial charge in [-0.05, 0) is 49.6 Å². The molecule has 2 rings (SSSR count). The van der Waals surface area contributed by atoms with Gasteiger partial charge in [-0.3, -0.25) is 0 Å². The number of carbonyl (C=O) groups is 1. The van der Waals surface area contributed by atoms with Crippen molar-refractivity contribution >= 4 is 17.6 Å². The second kappa shape index (κ2) is 7.59. The number of benzene rings is 2. The lowest BCUT2D eigenvalue weighted by Gasteiger charge is -2.07. The van der Waals surface area contributed by atoms with Crippen LogP contribution in [-0.2, 0) is 9.53 Å². The first-order chi connectivity index (χ1) is 11.0. The third-order valence-electron chi connectivity index (χ3n) is 3.66. The highest BCUT2D eigenvalue weighted by Gasteiger charge is 2.06. The molecule has 118 valence electrons. The number of hydrogen-bond donors (Lipinski definition) is 0. The van der Waals surface area contributed by atoms with E-state index in [1.165, 1.54) is 18.2 Å². The molecule has 0 amide bonds. The van der Waals surface area contributed by atoms with Crippen LogP contribution in [0.1, 0.15) is 29.2 Å². The smallest absolute Gasteiger partial charge is 0.333 e. The fraction of sp³-hybridized carbons (Fsp3) is 0.190. The third-order valence-corrected chi connectivity index (χ3v) is 3.66. The first-order valence-electron chi connectivity index (χ1n) is 7.61. The molecule has 0 heterocycles. The lowest BCUT2D eigenvalue weighted by Crippen LogP contribution is -2.01. The average Bonchev–Trinajstić information content (AvgIpc) is 2.56. The van der Waals surface area contributed by atoms with E-state index in [9.17, 15) is 4.79 Å². The molecule has 0 N–H and O–H groups in total. The number of aryl methyl sites for hydroxylation is 2. The standard InChI is InChI=1S/C21H22O2/c1-15-5-9-18(10-6-15)14-20(13-17(3)21(22)23-4)19-11-7-16(2)8-12-19/h5-14H,1-4H3/b17-13+,20-14-. The number of esters is 1. The molecule has 2 heteroatoms. The molecule has 0 saturated heterocycles. The van der Waals surface area contributed by atoms with Gasteiger partial charge in [-0.1, -0.05) is 59.7 Å². The fourth-order valence-corrected chi connectivity index (χ4v) is 2.25. The van der Waals surface area contributed by atoms with E-state index in [-0.39, 0.29) is 5.97 Å². The molecule has 2 aromatic rings. The topological polar surface area (TPSA) is 26.3 Å². The molecule has 0 unspecified atom stereocenters. The molecule has 0 saturated carbocycles. The lowest BCUT2D eigenvalue weighted by atomic mass is 9.99. The summed E-state index contributed by atoms with van der Waals surface area (Å²) in [6, 6.07) is 16.6. The van der Waals surface area contributed by atoms with E-state index < -0.39 is 0 Å². The maximum atomic E-state index is 11.7. The van der Waals surface area contributed by atoms with Gasteiger partial charge in [-0.15, -0.1) is 0 Å². The molecular formula is C21H22O2. The summed E-state index contributed by atoms with van der Waals surface area (Å²) in [5, 5.41) is 0. The molecule has 0 bridgehead atoms. The van der Waals surface area contributed by atoms with E-state index in [4.69, 9.17) is 4.74 Å². The second-order valence-corrected chi connectivity index (χ2v) is 5.70. The van der Waals surface area contributed by atoms with Crippen LogP contribution in [0.4, 0.5) is 0 Å². The highest BCUT2D eigenvalue weighted by Crippen LogP contribution is 2.22. The van der Waals surface area contributed by atoms with Crippen LogP contribution in [-0.4, -0.2) is 13.1 Å². The largest absolute Gasteiger partial charge is 0.466 e. The van der Waals surface area contributed by atoms with Gasteiger partial charge in [0.15, 0.2) is 0 Å². The molecule has 0 aliphatic heterocycles. The zero-order chi connectivity index (χ0) is 16.8. The van der Waals surface area contributed by atoms with Crippen molar-refractivity contribution in [1.29, 1.82) is 0 Å². The molecule has 0 atom stereocenters. The first-order valence-corrected chi connectivity index (χ1v) is 7.61. The number of carbonyl (C=O) groups excluding carboxylic acids is 1. The first kappa shape index (κ1) is 16.8. The molecule has 0 aliphatic carbocycles. The molecule has 0 radical (unpaired) electrons. The van der Waals surface area contributed by atoms with Crippen LogP contribution in [0.15, 0.2) is 60.2 Å². The molecule has 0 fully saturated rings. The quantitative estimate of drug-likeness (QED) is 0.345. The Labute approximate surface area is 138 Å². The van der Waals surface area contributed by atoms with Crippen LogP contribution in [0, 0.1) is 13.8 Å². The summed E-state index contributed by atoms with van der Waals surface area (Å²) < 4.78 is 4.80. The summed E-state index contributed by atoms with van der Waals surface area (Å²) in [5.74, 6) is -0.313. The van der Waals surface area contributed by atoms with Gasteiger partial charge >= 0.3 is 5.97 Å². The van der Waals surface area contributed by atoms with E-state index in [1.54, 1.807) is 6.92 Å². The van der Waals surface area contributed by atoms with E-state index in [0.717, 1.165) is 16.7 Å². The Morgan fingerprint density at radius 3 is 1.96 bits per heavy atom. The molecule has 2 aromatic carbocycles. The number of ether oxygens (including phenoxy) is 1. The summed E-state index contributed by atoms with van der Waals surface area (Å²) in [4.78, 5) is 11.7. The molecule has 0 aromatic heterocycles. The zero-order valence-electron chi connectivity index (χ0n) is 14.1. The highest BCUT2D eigenvalue weighted by molar-refractivity contribution is 5.95. The summed E-state index contributed by atoms with van der Waals surface area (Å²) in [6.07, 6.45) is 3.95. The van der Waals surface area contributed by atoms with Crippen molar-refractivity contribution in [3.05, 3.63) is 82.4 Å². The number of rotatable bonds is 4. The van der Waals surface area contributed by atoms with Crippen LogP contribution in [0.3, 0.4) is 0 Å². The number of allylic oxidation sites excluding steroid dienone is 2. The summed E-state index contributed by atoms with van der Waals surface area (Å²) in [5.41, 5.74) is 6.15. The van der Waals surface area contributed by atoms with Gasteiger partial charge in [0.2, 0.25) is 0 Å². The maximum absolute atomic E-state index is 11.7. The van der Waals surface area contributed by atoms with E-state index in [1.807, 2.05) is 6.08 Å². The highest BCUT2D eigenvalue weighted by atomic mass is 16.5. The Morgan fingerprint density at radius 1 is 0.913 bits per heavy atom. The van der Waals surface area contributed by atoms with Gasteiger partial charge in [0, 0.05) is 5.57 Å². The summed E-state index contributed by atoms with van der Waals surface area (Å²) in [7, 11) is 1.40. The molecule has 23 heavy (non-hydrogen) atoms. The van der Waals surface area contributed by atoms with Crippen LogP contribution in [0.2, 0.25) is 0 Å². The monoisotopic (exact) mass is 306 g/mol. The van der Waals surface area contributed by atoms with Crippen molar-refractivity contribution in [2.75, 3.05) is 7.11 Å². The SMILES string of the molecule is COC(=O)/C(C)=C/C(=C/c1ccc(C)cc1)c1ccc(C)cc1. The van der Waals surface area contributed by atoms with Crippen molar-refractivity contribution in [3.63, 3.8) is 0 Å². The van der Waals surface area contributed by atoms with Gasteiger partial charge in [-0.25, -0.2) is 4.79 Å². The van der Waals surface area contributed by atoms with Gasteiger partial charge in [0.25, 0.3) is 0 Å². The van der Waals surface area contributed by atoms with Crippen molar-refractivity contribution in [2.24, 2.45) is 0 Å². The second-order valence-electron chi connectivity index (χ2n) is 5.70. The Hall–Kier alpha value is -2.61. The number of hydrogen-bond acceptors (Lipinski definition) is 2. The summed E-state index contributed by atoms with van der Waals surface area (Å²) in [6.45, 7) is 5.89. The van der Waals surface area contributed by atoms with Crippen LogP contribution < -0.4 is 0 Å². The van der Waals surface area contributed by atoms with Crippen molar-refractivity contribution in [1.82, 2.24) is 0 Å². The molecule has 0 spiro atoms. The van der Waals surface area contributed by atoms with E-state index >= 15 is 0 Å². The minimum Gasteiger partial charge on any atom is -0.466 e. The normalized spacial score (nSPS) is 12.2. The van der Waals surface area contributed by atoms with Crippen LogP contribution in [0.5, 0.6) is 0 Å². The van der Waals surface area contributed by atoms with Gasteiger partial charge in [0.1, 0.15) is 0 Å². The van der Waals surface area contributed by atoms with Crippen molar-refractivity contribution < 1.29 is 9.53 Å². The van der Waals surface area contributed by atoms with Crippen LogP contribution >= 0.6 is 0 Å². The maximum Gasteiger partial charge on any atom is 0.333 e. The predicted molar refractivity (Wildman–Crippen MR) is 96.0 cm³/mol. The molecule has 0 aliphatic rings. The molecule has 2 nitrogen and oxygen atoms in total. The Kier molecular flexibility index (Phi) is 5.53. The van der Waals surface area contributed by atoms with E-state index in [2.05, 4.69) is 68.5 Å². The Balaban J connectivity index is 2.48. The lowest BCUT2D eigenvalue weighted by molar-refractivity contribution is -0.136. The van der Waals surface area contributed by atoms with Crippen molar-refractivity contribution in [2.45, 2.75) is 20.8 Å². The number of methoxy groups -OCH3 is 1. The Morgan fingerprint density at radius 2 is 1.43 bits per heavy atom. The van der Waals surface area contributed by atoms with Gasteiger partial charge in [-0.2, -0.15) is 0 Å². The van der Waals surface area contributed by atoms with Crippen LogP contribution in [0.25, 0.3) is 11.6 Å². The summed E-state index contributed by atoms with van der Waals surface area (Å²) >= 11 is 0. The zero-order valence-corrected chi connectivity index (χ0v) is 14.1. The predicted octanol–water partition coefficient (Wildman–Crippen LogP) is 4.96. The molecular weight excluding hydrogens is 284 g/mol. The van der Waals surface area contributed by atoms with Crippen molar-refractivity contribution in [3.8, 4) is 0 Å².